The number of rotatable bonds is 3. The van der Waals surface area contributed by atoms with E-state index in [1.165, 1.54) is 0 Å². The average Bonchev–Trinajstić information content (AvgIpc) is 1.85. The van der Waals surface area contributed by atoms with Gasteiger partial charge in [-0.1, -0.05) is 0 Å². The maximum Gasteiger partial charge on any atom is 0.335 e. The number of hydrogen-bond acceptors (Lipinski definition) is 4. The maximum absolute atomic E-state index is 10.3. The van der Waals surface area contributed by atoms with Gasteiger partial charge in [-0.05, 0) is 6.92 Å². The third-order valence-corrected chi connectivity index (χ3v) is 0.576. The highest BCUT2D eigenvalue weighted by Gasteiger charge is 2.01. The Morgan fingerprint density at radius 2 is 2.56 bits per heavy atom. The van der Waals surface area contributed by atoms with Gasteiger partial charge in [0, 0.05) is 0 Å². The van der Waals surface area contributed by atoms with Crippen LogP contribution in [0.5, 0.6) is 0 Å². The predicted octanol–water partition coefficient (Wildman–Crippen LogP) is 0.0999. The van der Waals surface area contributed by atoms with Crippen molar-refractivity contribution in [2.24, 2.45) is 5.11 Å². The van der Waals surface area contributed by atoms with E-state index in [0.717, 1.165) is 0 Å². The summed E-state index contributed by atoms with van der Waals surface area (Å²) in [6.45, 7) is 1.89. The van der Waals surface area contributed by atoms with E-state index < -0.39 is 5.97 Å². The predicted molar refractivity (Wildman–Crippen MR) is 28.8 cm³/mol. The van der Waals surface area contributed by atoms with Gasteiger partial charge in [-0.2, -0.15) is 0 Å². The summed E-state index contributed by atoms with van der Waals surface area (Å²) in [5.41, 5.74) is 6.18. The van der Waals surface area contributed by atoms with Crippen LogP contribution in [0.25, 0.3) is 0 Å². The van der Waals surface area contributed by atoms with E-state index in [2.05, 4.69) is 14.8 Å². The fourth-order valence-electron chi connectivity index (χ4n) is 0.300. The van der Waals surface area contributed by atoms with Gasteiger partial charge in [-0.3, -0.25) is 0 Å². The normalized spacial score (nSPS) is 7.67. The summed E-state index contributed by atoms with van der Waals surface area (Å²) in [5.74, 6) is -0.450. The molecule has 0 aliphatic carbocycles. The summed E-state index contributed by atoms with van der Waals surface area (Å²) in [7, 11) is 0. The van der Waals surface area contributed by atoms with Crippen LogP contribution in [0.15, 0.2) is 5.11 Å². The van der Waals surface area contributed by atoms with Crippen LogP contribution in [0, 0.1) is 5.53 Å². The number of ether oxygens (including phenoxy) is 1. The summed E-state index contributed by atoms with van der Waals surface area (Å²) in [6.07, 6.45) is 0. The Labute approximate surface area is 52.2 Å². The van der Waals surface area contributed by atoms with Crippen molar-refractivity contribution in [2.75, 3.05) is 13.2 Å². The van der Waals surface area contributed by atoms with Crippen LogP contribution < -0.4 is 4.91 Å². The highest BCUT2D eigenvalue weighted by molar-refractivity contribution is 5.71. The molecule has 0 atom stereocenters. The Kier molecular flexibility index (Phi) is 4.26. The third kappa shape index (κ3) is 4.64. The van der Waals surface area contributed by atoms with Crippen molar-refractivity contribution in [2.45, 2.75) is 6.92 Å². The first-order valence-electron chi connectivity index (χ1n) is 2.50. The Hall–Kier alpha value is -1.22. The molecule has 0 amide bonds. The highest BCUT2D eigenvalue weighted by Crippen LogP contribution is 1.76. The summed E-state index contributed by atoms with van der Waals surface area (Å²) >= 11 is 0. The van der Waals surface area contributed by atoms with Gasteiger partial charge in [0.15, 0.2) is 0 Å². The lowest BCUT2D eigenvalue weighted by Gasteiger charge is -1.91. The van der Waals surface area contributed by atoms with Crippen LogP contribution >= 0.6 is 0 Å². The molecule has 0 aliphatic rings. The van der Waals surface area contributed by atoms with E-state index >= 15 is 0 Å². The van der Waals surface area contributed by atoms with Gasteiger partial charge >= 0.3 is 5.97 Å². The zero-order chi connectivity index (χ0) is 7.11. The first-order valence-corrected chi connectivity index (χ1v) is 2.50. The molecule has 0 unspecified atom stereocenters. The lowest BCUT2D eigenvalue weighted by molar-refractivity contribution is -0.141. The molecule has 0 heterocycles. The molecule has 0 aromatic rings. The largest absolute Gasteiger partial charge is 0.464 e. The molecule has 0 aromatic heterocycles. The topological polar surface area (TPSA) is 76.6 Å². The highest BCUT2D eigenvalue weighted by atomic mass is 16.5. The van der Waals surface area contributed by atoms with Crippen molar-refractivity contribution < 1.29 is 9.53 Å². The molecule has 0 radical (unpaired) electrons. The maximum atomic E-state index is 10.3. The van der Waals surface area contributed by atoms with E-state index in [1.54, 1.807) is 6.92 Å². The summed E-state index contributed by atoms with van der Waals surface area (Å²) in [4.78, 5) is 13.0. The number of carbonyl (C=O) groups is 1. The first kappa shape index (κ1) is 7.78. The molecular formula is C4H8N3O2+. The number of carbonyl (C=O) groups excluding carboxylic acids is 1. The molecule has 0 rings (SSSR count). The molecule has 9 heavy (non-hydrogen) atoms. The van der Waals surface area contributed by atoms with E-state index in [0.29, 0.717) is 6.61 Å². The van der Waals surface area contributed by atoms with Crippen molar-refractivity contribution in [3.63, 3.8) is 0 Å². The van der Waals surface area contributed by atoms with Gasteiger partial charge in [-0.15, -0.1) is 0 Å². The van der Waals surface area contributed by atoms with Crippen LogP contribution in [0.1, 0.15) is 6.92 Å². The Bertz CT molecular complexity index is 139. The standard InChI is InChI=1S/C4H8N3O2/c1-2-9-4(8)3-6-7-5/h5H,2-3H2,1H3/q+1. The zero-order valence-electron chi connectivity index (χ0n) is 5.13. The van der Waals surface area contributed by atoms with Crippen LogP contribution in [0.4, 0.5) is 0 Å². The molecule has 0 aromatic carbocycles. The third-order valence-electron chi connectivity index (χ3n) is 0.576. The van der Waals surface area contributed by atoms with Crippen molar-refractivity contribution in [3.8, 4) is 0 Å². The van der Waals surface area contributed by atoms with Gasteiger partial charge in [0.05, 0.1) is 6.61 Å². The molecule has 0 spiro atoms. The second kappa shape index (κ2) is 4.93. The van der Waals surface area contributed by atoms with Crippen LogP contribution in [-0.4, -0.2) is 19.1 Å². The van der Waals surface area contributed by atoms with Crippen molar-refractivity contribution in [1.82, 2.24) is 4.91 Å². The quantitative estimate of drug-likeness (QED) is 0.334. The SMILES string of the molecule is CCOC(=O)CN=[N+]=N. The van der Waals surface area contributed by atoms with Crippen LogP contribution in [-0.2, 0) is 9.53 Å². The minimum absolute atomic E-state index is 0.155. The fourth-order valence-corrected chi connectivity index (χ4v) is 0.300. The van der Waals surface area contributed by atoms with Gasteiger partial charge < -0.3 is 4.74 Å². The second-order valence-electron chi connectivity index (χ2n) is 1.20. The molecule has 5 nitrogen and oxygen atoms in total. The zero-order valence-corrected chi connectivity index (χ0v) is 5.13. The van der Waals surface area contributed by atoms with Crippen LogP contribution in [0.3, 0.4) is 0 Å². The number of nitrogens with one attached hydrogen (secondary N) is 1. The molecule has 0 saturated heterocycles. The minimum atomic E-state index is -0.450. The second-order valence-corrected chi connectivity index (χ2v) is 1.20. The van der Waals surface area contributed by atoms with Gasteiger partial charge in [-0.25, -0.2) is 4.79 Å². The summed E-state index contributed by atoms with van der Waals surface area (Å²) < 4.78 is 4.47. The molecule has 0 bridgehead atoms. The van der Waals surface area contributed by atoms with E-state index in [1.807, 2.05) is 0 Å². The lowest BCUT2D eigenvalue weighted by Crippen LogP contribution is -2.07. The Morgan fingerprint density at radius 1 is 1.89 bits per heavy atom. The molecule has 0 saturated carbocycles. The van der Waals surface area contributed by atoms with Gasteiger partial charge in [0.25, 0.3) is 0 Å². The average molecular weight is 130 g/mol. The van der Waals surface area contributed by atoms with Crippen molar-refractivity contribution in [1.29, 1.82) is 5.53 Å². The fraction of sp³-hybridized carbons (Fsp3) is 0.750. The van der Waals surface area contributed by atoms with Gasteiger partial charge in [0.2, 0.25) is 11.5 Å². The van der Waals surface area contributed by atoms with Crippen LogP contribution in [0.2, 0.25) is 0 Å². The summed E-state index contributed by atoms with van der Waals surface area (Å²) in [6, 6.07) is 0. The molecular weight excluding hydrogens is 122 g/mol. The number of hydrogen-bond donors (Lipinski definition) is 1. The summed E-state index contributed by atoms with van der Waals surface area (Å²) in [5, 5.41) is 3.11. The Balaban J connectivity index is 3.38. The van der Waals surface area contributed by atoms with Gasteiger partial charge in [0.1, 0.15) is 10.6 Å². The molecule has 50 valence electrons. The monoisotopic (exact) mass is 130 g/mol. The Morgan fingerprint density at radius 3 is 3.00 bits per heavy atom. The molecule has 5 heteroatoms. The number of esters is 1. The minimum Gasteiger partial charge on any atom is -0.464 e. The molecule has 0 fully saturated rings. The van der Waals surface area contributed by atoms with E-state index in [4.69, 9.17) is 5.53 Å². The first-order chi connectivity index (χ1) is 4.31. The smallest absolute Gasteiger partial charge is 0.335 e. The van der Waals surface area contributed by atoms with Crippen molar-refractivity contribution in [3.05, 3.63) is 0 Å². The number of nitrogens with zero attached hydrogens (tertiary/aromatic N) is 2. The van der Waals surface area contributed by atoms with E-state index in [-0.39, 0.29) is 6.54 Å². The van der Waals surface area contributed by atoms with Crippen molar-refractivity contribution >= 4 is 5.97 Å². The molecule has 1 N–H and O–H groups in total. The lowest BCUT2D eigenvalue weighted by atomic mass is 10.7. The van der Waals surface area contributed by atoms with E-state index in [9.17, 15) is 4.79 Å². The molecule has 0 aliphatic heterocycles.